The highest BCUT2D eigenvalue weighted by molar-refractivity contribution is 7.89. The maximum Gasteiger partial charge on any atom is 0.289 e. The summed E-state index contributed by atoms with van der Waals surface area (Å²) in [7, 11) is -3.92. The second-order valence-electron chi connectivity index (χ2n) is 6.31. The van der Waals surface area contributed by atoms with Gasteiger partial charge in [0.25, 0.3) is 5.69 Å². The van der Waals surface area contributed by atoms with E-state index in [9.17, 15) is 18.5 Å². The van der Waals surface area contributed by atoms with Crippen LogP contribution in [0, 0.1) is 16.0 Å². The van der Waals surface area contributed by atoms with E-state index in [1.807, 2.05) is 6.08 Å². The SMILES string of the molecule is CC(C/C=C/C1CCCCC1)NS(=O)(=O)c1ccccc1[N+](=O)[O-]. The Morgan fingerprint density at radius 1 is 1.29 bits per heavy atom. The topological polar surface area (TPSA) is 89.3 Å². The fourth-order valence-corrected chi connectivity index (χ4v) is 4.44. The summed E-state index contributed by atoms with van der Waals surface area (Å²) in [6.45, 7) is 1.76. The minimum atomic E-state index is -3.92. The van der Waals surface area contributed by atoms with Gasteiger partial charge in [-0.25, -0.2) is 13.1 Å². The van der Waals surface area contributed by atoms with Crippen LogP contribution in [0.3, 0.4) is 0 Å². The van der Waals surface area contributed by atoms with Crippen LogP contribution in [0.1, 0.15) is 45.4 Å². The van der Waals surface area contributed by atoms with E-state index in [2.05, 4.69) is 10.8 Å². The number of para-hydroxylation sites is 1. The highest BCUT2D eigenvalue weighted by Crippen LogP contribution is 2.25. The van der Waals surface area contributed by atoms with E-state index < -0.39 is 20.6 Å². The number of hydrogen-bond donors (Lipinski definition) is 1. The quantitative estimate of drug-likeness (QED) is 0.459. The standard InChI is InChI=1S/C17H24N2O4S/c1-14(8-7-11-15-9-3-2-4-10-15)18-24(22,23)17-13-6-5-12-16(17)19(20)21/h5-7,11-15,18H,2-4,8-10H2,1H3/b11-7+. The number of nitrogens with zero attached hydrogens (tertiary/aromatic N) is 1. The Labute approximate surface area is 143 Å². The van der Waals surface area contributed by atoms with Gasteiger partial charge in [-0.15, -0.1) is 0 Å². The normalized spacial score (nSPS) is 17.9. The zero-order valence-corrected chi connectivity index (χ0v) is 14.7. The van der Waals surface area contributed by atoms with Gasteiger partial charge in [0, 0.05) is 12.1 Å². The van der Waals surface area contributed by atoms with Gasteiger partial charge >= 0.3 is 0 Å². The summed E-state index contributed by atoms with van der Waals surface area (Å²) < 4.78 is 27.3. The first-order chi connectivity index (χ1) is 11.4. The first kappa shape index (κ1) is 18.6. The van der Waals surface area contributed by atoms with Crippen molar-refractivity contribution in [3.8, 4) is 0 Å². The molecule has 1 fully saturated rings. The molecule has 132 valence electrons. The van der Waals surface area contributed by atoms with Crippen molar-refractivity contribution in [2.45, 2.75) is 56.4 Å². The van der Waals surface area contributed by atoms with Crippen LogP contribution >= 0.6 is 0 Å². The van der Waals surface area contributed by atoms with Gasteiger partial charge in [-0.3, -0.25) is 10.1 Å². The van der Waals surface area contributed by atoms with Crippen LogP contribution < -0.4 is 4.72 Å². The van der Waals surface area contributed by atoms with Crippen molar-refractivity contribution in [3.05, 3.63) is 46.5 Å². The number of nitro benzene ring substituents is 1. The number of rotatable bonds is 7. The van der Waals surface area contributed by atoms with Gasteiger partial charge in [-0.2, -0.15) is 0 Å². The summed E-state index contributed by atoms with van der Waals surface area (Å²) in [4.78, 5) is 10.0. The van der Waals surface area contributed by atoms with Crippen LogP contribution in [0.2, 0.25) is 0 Å². The van der Waals surface area contributed by atoms with Gasteiger partial charge < -0.3 is 0 Å². The van der Waals surface area contributed by atoms with Gasteiger partial charge in [-0.1, -0.05) is 43.5 Å². The van der Waals surface area contributed by atoms with Gasteiger partial charge in [0.05, 0.1) is 4.92 Å². The lowest BCUT2D eigenvalue weighted by atomic mass is 9.89. The molecule has 1 aliphatic carbocycles. The van der Waals surface area contributed by atoms with Gasteiger partial charge in [-0.05, 0) is 38.2 Å². The molecule has 24 heavy (non-hydrogen) atoms. The number of hydrogen-bond acceptors (Lipinski definition) is 4. The lowest BCUT2D eigenvalue weighted by Gasteiger charge is -2.18. The molecule has 0 spiro atoms. The van der Waals surface area contributed by atoms with Crippen molar-refractivity contribution in [2.24, 2.45) is 5.92 Å². The second kappa shape index (κ2) is 8.39. The lowest BCUT2D eigenvalue weighted by molar-refractivity contribution is -0.387. The van der Waals surface area contributed by atoms with Crippen molar-refractivity contribution in [1.29, 1.82) is 0 Å². The van der Waals surface area contributed by atoms with Crippen LogP contribution in [-0.2, 0) is 10.0 Å². The van der Waals surface area contributed by atoms with E-state index in [1.165, 1.54) is 56.4 Å². The molecule has 2 rings (SSSR count). The Balaban J connectivity index is 1.98. The summed E-state index contributed by atoms with van der Waals surface area (Å²) in [5.41, 5.74) is -0.407. The number of benzene rings is 1. The Hall–Kier alpha value is -1.73. The predicted molar refractivity (Wildman–Crippen MR) is 93.2 cm³/mol. The molecule has 1 N–H and O–H groups in total. The fourth-order valence-electron chi connectivity index (χ4n) is 3.01. The molecule has 1 unspecified atom stereocenters. The molecule has 0 aliphatic heterocycles. The zero-order valence-electron chi connectivity index (χ0n) is 13.8. The Bertz CT molecular complexity index is 694. The average molecular weight is 352 g/mol. The van der Waals surface area contributed by atoms with Gasteiger partial charge in [0.1, 0.15) is 0 Å². The highest BCUT2D eigenvalue weighted by Gasteiger charge is 2.26. The lowest BCUT2D eigenvalue weighted by Crippen LogP contribution is -2.32. The summed E-state index contributed by atoms with van der Waals surface area (Å²) >= 11 is 0. The fraction of sp³-hybridized carbons (Fsp3) is 0.529. The molecule has 0 aromatic heterocycles. The van der Waals surface area contributed by atoms with E-state index in [0.29, 0.717) is 12.3 Å². The van der Waals surface area contributed by atoms with Crippen molar-refractivity contribution in [2.75, 3.05) is 0 Å². The Kier molecular flexibility index (Phi) is 6.51. The van der Waals surface area contributed by atoms with Crippen LogP contribution in [0.5, 0.6) is 0 Å². The van der Waals surface area contributed by atoms with Gasteiger partial charge in [0.2, 0.25) is 10.0 Å². The third-order valence-corrected chi connectivity index (χ3v) is 5.89. The molecule has 0 radical (unpaired) electrons. The molecular formula is C17H24N2O4S. The second-order valence-corrected chi connectivity index (χ2v) is 7.99. The van der Waals surface area contributed by atoms with E-state index in [1.54, 1.807) is 6.92 Å². The number of allylic oxidation sites excluding steroid dienone is 1. The molecule has 0 saturated heterocycles. The van der Waals surface area contributed by atoms with Gasteiger partial charge in [0.15, 0.2) is 4.90 Å². The monoisotopic (exact) mass is 352 g/mol. The van der Waals surface area contributed by atoms with Crippen LogP contribution in [0.15, 0.2) is 41.3 Å². The molecule has 0 amide bonds. The molecule has 7 heteroatoms. The number of nitrogens with one attached hydrogen (secondary N) is 1. The van der Waals surface area contributed by atoms with E-state index >= 15 is 0 Å². The maximum absolute atomic E-state index is 12.4. The summed E-state index contributed by atoms with van der Waals surface area (Å²) in [6, 6.07) is 5.06. The molecule has 1 atom stereocenters. The average Bonchev–Trinajstić information content (AvgIpc) is 2.55. The molecule has 1 aromatic rings. The van der Waals surface area contributed by atoms with Crippen LogP contribution in [0.4, 0.5) is 5.69 Å². The Morgan fingerprint density at radius 2 is 1.96 bits per heavy atom. The largest absolute Gasteiger partial charge is 0.289 e. The third-order valence-electron chi connectivity index (χ3n) is 4.26. The highest BCUT2D eigenvalue weighted by atomic mass is 32.2. The third kappa shape index (κ3) is 5.14. The number of nitro groups is 1. The molecule has 6 nitrogen and oxygen atoms in total. The Morgan fingerprint density at radius 3 is 2.62 bits per heavy atom. The first-order valence-electron chi connectivity index (χ1n) is 8.32. The van der Waals surface area contributed by atoms with Crippen molar-refractivity contribution in [1.82, 2.24) is 4.72 Å². The number of sulfonamides is 1. The summed E-state index contributed by atoms with van der Waals surface area (Å²) in [5.74, 6) is 0.595. The van der Waals surface area contributed by atoms with Crippen molar-refractivity contribution >= 4 is 15.7 Å². The zero-order chi connectivity index (χ0) is 17.6. The van der Waals surface area contributed by atoms with Crippen LogP contribution in [-0.4, -0.2) is 19.4 Å². The maximum atomic E-state index is 12.4. The molecule has 1 saturated carbocycles. The van der Waals surface area contributed by atoms with E-state index in [0.717, 1.165) is 0 Å². The summed E-state index contributed by atoms with van der Waals surface area (Å²) in [6.07, 6.45) is 11.0. The molecule has 1 aromatic carbocycles. The minimum Gasteiger partial charge on any atom is -0.258 e. The predicted octanol–water partition coefficient (Wildman–Crippen LogP) is 3.79. The molecule has 0 bridgehead atoms. The van der Waals surface area contributed by atoms with E-state index in [4.69, 9.17) is 0 Å². The van der Waals surface area contributed by atoms with Crippen molar-refractivity contribution < 1.29 is 13.3 Å². The molecule has 1 aliphatic rings. The van der Waals surface area contributed by atoms with E-state index in [-0.39, 0.29) is 10.9 Å². The minimum absolute atomic E-state index is 0.293. The molecular weight excluding hydrogens is 328 g/mol. The molecule has 0 heterocycles. The first-order valence-corrected chi connectivity index (χ1v) is 9.81. The smallest absolute Gasteiger partial charge is 0.258 e. The summed E-state index contributed by atoms with van der Waals surface area (Å²) in [5, 5.41) is 11.0. The van der Waals surface area contributed by atoms with Crippen molar-refractivity contribution in [3.63, 3.8) is 0 Å². The van der Waals surface area contributed by atoms with Crippen LogP contribution in [0.25, 0.3) is 0 Å².